The van der Waals surface area contributed by atoms with Crippen LogP contribution < -0.4 is 11.5 Å². The first kappa shape index (κ1) is 39.2. The summed E-state index contributed by atoms with van der Waals surface area (Å²) in [5, 5.41) is 9.59. The van der Waals surface area contributed by atoms with Gasteiger partial charge in [0.15, 0.2) is 0 Å². The van der Waals surface area contributed by atoms with Crippen LogP contribution in [0.1, 0.15) is 48.6 Å². The van der Waals surface area contributed by atoms with E-state index in [2.05, 4.69) is 4.90 Å². The molecule has 2 saturated heterocycles. The minimum atomic E-state index is -1.00. The number of ether oxygens (including phenoxy) is 1. The first-order valence-electron chi connectivity index (χ1n) is 16.4. The van der Waals surface area contributed by atoms with Gasteiger partial charge in [0.2, 0.25) is 5.91 Å². The van der Waals surface area contributed by atoms with Crippen molar-refractivity contribution in [2.45, 2.75) is 58.8 Å². The number of aryl methyl sites for hydroxylation is 2. The molecule has 51 heavy (non-hydrogen) atoms. The fourth-order valence-electron chi connectivity index (χ4n) is 5.97. The van der Waals surface area contributed by atoms with E-state index < -0.39 is 11.6 Å². The summed E-state index contributed by atoms with van der Waals surface area (Å²) in [6.07, 6.45) is 5.37. The largest absolute Gasteiger partial charge is 0.478 e. The number of amides is 2. The Balaban J connectivity index is 0.000000349. The third-order valence-electron chi connectivity index (χ3n) is 8.35. The van der Waals surface area contributed by atoms with Crippen LogP contribution in [0.5, 0.6) is 0 Å². The molecule has 5 N–H and O–H groups in total. The highest BCUT2D eigenvalue weighted by Gasteiger charge is 2.44. The van der Waals surface area contributed by atoms with Crippen LogP contribution in [0.3, 0.4) is 0 Å². The number of hydrogen-bond donors (Lipinski definition) is 3. The van der Waals surface area contributed by atoms with Crippen LogP contribution in [0, 0.1) is 19.7 Å². The molecule has 2 fully saturated rings. The number of carbonyl (C=O) groups is 3. The summed E-state index contributed by atoms with van der Waals surface area (Å²) in [7, 11) is 0. The fraction of sp³-hybridized carbons (Fsp3) is 0.342. The van der Waals surface area contributed by atoms with Crippen LogP contribution in [-0.4, -0.2) is 81.6 Å². The van der Waals surface area contributed by atoms with Crippen LogP contribution in [-0.2, 0) is 20.9 Å². The summed E-state index contributed by atoms with van der Waals surface area (Å²) in [5.74, 6) is -1.41. The van der Waals surface area contributed by atoms with Crippen molar-refractivity contribution in [2.75, 3.05) is 37.6 Å². The smallest absolute Gasteiger partial charge is 0.410 e. The van der Waals surface area contributed by atoms with Gasteiger partial charge in [0.05, 0.1) is 12.1 Å². The van der Waals surface area contributed by atoms with Crippen LogP contribution in [0.2, 0.25) is 10.0 Å². The van der Waals surface area contributed by atoms with E-state index in [4.69, 9.17) is 44.5 Å². The lowest BCUT2D eigenvalue weighted by atomic mass is 9.99. The number of anilines is 2. The average Bonchev–Trinajstić information content (AvgIpc) is 3.03. The second-order valence-corrected chi connectivity index (χ2v) is 14.5. The molecular weight excluding hydrogens is 696 g/mol. The summed E-state index contributed by atoms with van der Waals surface area (Å²) in [5.41, 5.74) is 16.2. The van der Waals surface area contributed by atoms with E-state index in [-0.39, 0.29) is 29.9 Å². The lowest BCUT2D eigenvalue weighted by molar-refractivity contribution is -0.140. The Kier molecular flexibility index (Phi) is 12.8. The topological polar surface area (TPSA) is 142 Å². The molecule has 0 radical (unpaired) electrons. The highest BCUT2D eigenvalue weighted by Crippen LogP contribution is 2.28. The molecule has 0 spiro atoms. The van der Waals surface area contributed by atoms with Crippen molar-refractivity contribution in [1.82, 2.24) is 14.7 Å². The van der Waals surface area contributed by atoms with Gasteiger partial charge in [-0.05, 0) is 111 Å². The molecule has 2 aliphatic heterocycles. The Bertz CT molecular complexity index is 1810. The molecule has 0 aromatic heterocycles. The molecule has 2 atom stereocenters. The van der Waals surface area contributed by atoms with Crippen LogP contribution in [0.4, 0.5) is 20.6 Å². The van der Waals surface area contributed by atoms with Gasteiger partial charge >= 0.3 is 12.1 Å². The van der Waals surface area contributed by atoms with Crippen molar-refractivity contribution < 1.29 is 28.6 Å². The van der Waals surface area contributed by atoms with Gasteiger partial charge < -0.3 is 31.1 Å². The Labute approximate surface area is 308 Å². The highest BCUT2D eigenvalue weighted by atomic mass is 35.5. The number of piperazine rings is 2. The lowest BCUT2D eigenvalue weighted by Gasteiger charge is -2.52. The second kappa shape index (κ2) is 16.6. The zero-order valence-corrected chi connectivity index (χ0v) is 30.8. The zero-order chi connectivity index (χ0) is 37.6. The molecule has 2 bridgehead atoms. The van der Waals surface area contributed by atoms with Gasteiger partial charge in [0.1, 0.15) is 11.4 Å². The molecule has 2 heterocycles. The Morgan fingerprint density at radius 2 is 1.35 bits per heavy atom. The van der Waals surface area contributed by atoms with Gasteiger partial charge in [-0.1, -0.05) is 35.3 Å². The third kappa shape index (κ3) is 11.0. The summed E-state index contributed by atoms with van der Waals surface area (Å²) < 4.78 is 19.0. The number of carbonyl (C=O) groups excluding carboxylic acids is 2. The van der Waals surface area contributed by atoms with E-state index in [0.717, 1.165) is 28.3 Å². The van der Waals surface area contributed by atoms with Crippen LogP contribution in [0.15, 0.2) is 60.7 Å². The summed E-state index contributed by atoms with van der Waals surface area (Å²) in [6, 6.07) is 12.9. The molecule has 0 saturated carbocycles. The summed E-state index contributed by atoms with van der Waals surface area (Å²) in [6.45, 7) is 11.8. The molecule has 3 aromatic rings. The monoisotopic (exact) mass is 739 g/mol. The Morgan fingerprint density at radius 1 is 0.863 bits per heavy atom. The number of carboxylic acid groups (broad SMARTS) is 1. The van der Waals surface area contributed by atoms with E-state index >= 15 is 0 Å². The summed E-state index contributed by atoms with van der Waals surface area (Å²) in [4.78, 5) is 42.4. The first-order chi connectivity index (χ1) is 23.9. The summed E-state index contributed by atoms with van der Waals surface area (Å²) >= 11 is 12.0. The molecule has 2 unspecified atom stereocenters. The quantitative estimate of drug-likeness (QED) is 0.181. The molecular formula is C38H44Cl2FN5O5. The SMILES string of the molecule is Cc1cc(/C=C/C(=O)N2C3CN(Cc4ccc(F)cc4)CC2CN(C(=O)OC(C)(C)C)C3)c(N)cc1Cl.Cc1cc(/C=C/C(=O)O)c(N)cc1Cl. The number of nitrogen functional groups attached to an aromatic ring is 2. The Hall–Kier alpha value is -4.58. The molecule has 3 aromatic carbocycles. The molecule has 13 heteroatoms. The van der Waals surface area contributed by atoms with Gasteiger partial charge in [0.25, 0.3) is 0 Å². The fourth-order valence-corrected chi connectivity index (χ4v) is 6.31. The molecule has 272 valence electrons. The maximum Gasteiger partial charge on any atom is 0.410 e. The Morgan fingerprint density at radius 3 is 1.82 bits per heavy atom. The number of aliphatic carboxylic acids is 1. The van der Waals surface area contributed by atoms with Crippen molar-refractivity contribution in [3.05, 3.63) is 104 Å². The number of nitrogens with two attached hydrogens (primary N) is 2. The first-order valence-corrected chi connectivity index (χ1v) is 17.1. The van der Waals surface area contributed by atoms with E-state index in [1.807, 2.05) is 45.6 Å². The van der Waals surface area contributed by atoms with E-state index in [1.165, 1.54) is 24.3 Å². The van der Waals surface area contributed by atoms with E-state index in [9.17, 15) is 18.8 Å². The van der Waals surface area contributed by atoms with Crippen molar-refractivity contribution in [1.29, 1.82) is 0 Å². The van der Waals surface area contributed by atoms with Crippen molar-refractivity contribution >= 4 is 64.7 Å². The number of benzene rings is 3. The van der Waals surface area contributed by atoms with Gasteiger partial charge in [0, 0.05) is 66.3 Å². The average molecular weight is 741 g/mol. The highest BCUT2D eigenvalue weighted by molar-refractivity contribution is 6.32. The molecule has 2 amide bonds. The lowest BCUT2D eigenvalue weighted by Crippen LogP contribution is -2.70. The number of rotatable bonds is 6. The number of fused-ring (bicyclic) bond motifs is 2. The number of nitrogens with zero attached hydrogens (tertiary/aromatic N) is 3. The molecule has 2 aliphatic rings. The van der Waals surface area contributed by atoms with E-state index in [0.29, 0.717) is 59.7 Å². The van der Waals surface area contributed by atoms with Gasteiger partial charge in [-0.3, -0.25) is 9.69 Å². The minimum Gasteiger partial charge on any atom is -0.478 e. The van der Waals surface area contributed by atoms with Gasteiger partial charge in [-0.2, -0.15) is 0 Å². The molecule has 0 aliphatic carbocycles. The predicted octanol–water partition coefficient (Wildman–Crippen LogP) is 7.04. The second-order valence-electron chi connectivity index (χ2n) is 13.7. The minimum absolute atomic E-state index is 0.132. The standard InChI is InChI=1S/C28H34ClFN4O3.C10H10ClNO2/c1-18-11-20(25(31)12-24(18)29)7-10-26(35)34-22-14-32(13-19-5-8-21(30)9-6-19)15-23(34)17-33(16-22)27(36)37-28(2,3)4;1-6-4-7(2-3-10(13)14)9(12)5-8(6)11/h5-12,22-23H,13-17,31H2,1-4H3;2-5H,12H2,1H3,(H,13,14)/b10-7+;3-2+. The predicted molar refractivity (Wildman–Crippen MR) is 201 cm³/mol. The van der Waals surface area contributed by atoms with Crippen molar-refractivity contribution in [3.8, 4) is 0 Å². The number of hydrogen-bond acceptors (Lipinski definition) is 7. The number of halogens is 3. The van der Waals surface area contributed by atoms with Gasteiger partial charge in [-0.25, -0.2) is 14.0 Å². The molecule has 5 rings (SSSR count). The van der Waals surface area contributed by atoms with Gasteiger partial charge in [-0.15, -0.1) is 0 Å². The maximum atomic E-state index is 13.4. The third-order valence-corrected chi connectivity index (χ3v) is 9.17. The maximum absolute atomic E-state index is 13.4. The van der Waals surface area contributed by atoms with Crippen LogP contribution in [0.25, 0.3) is 12.2 Å². The normalized spacial score (nSPS) is 17.7. The van der Waals surface area contributed by atoms with E-state index in [1.54, 1.807) is 41.3 Å². The van der Waals surface area contributed by atoms with Crippen molar-refractivity contribution in [2.24, 2.45) is 0 Å². The van der Waals surface area contributed by atoms with Crippen LogP contribution >= 0.6 is 23.2 Å². The number of carboxylic acids is 1. The molecule has 10 nitrogen and oxygen atoms in total. The zero-order valence-electron chi connectivity index (χ0n) is 29.3. The van der Waals surface area contributed by atoms with Crippen molar-refractivity contribution in [3.63, 3.8) is 0 Å².